The van der Waals surface area contributed by atoms with Crippen molar-refractivity contribution in [3.63, 3.8) is 0 Å². The summed E-state index contributed by atoms with van der Waals surface area (Å²) in [6, 6.07) is 8.30. The summed E-state index contributed by atoms with van der Waals surface area (Å²) in [5.41, 5.74) is 0.106. The predicted molar refractivity (Wildman–Crippen MR) is 82.6 cm³/mol. The molecule has 0 aromatic heterocycles. The van der Waals surface area contributed by atoms with Crippen LogP contribution in [0.2, 0.25) is 0 Å². The Morgan fingerprint density at radius 2 is 1.90 bits per heavy atom. The lowest BCUT2D eigenvalue weighted by Crippen LogP contribution is -2.38. The van der Waals surface area contributed by atoms with E-state index in [1.54, 1.807) is 39.0 Å². The molecule has 114 valence electrons. The van der Waals surface area contributed by atoms with E-state index in [-0.39, 0.29) is 5.91 Å². The van der Waals surface area contributed by atoms with E-state index in [0.29, 0.717) is 18.4 Å². The standard InChI is InChI=1S/C17H23NO3/c1-5-6-12-14(19)18-15(13-10-8-7-9-11-13)16(20)21-17(2,3)4/h5,7-11,15H,1,6,12H2,2-4H3,(H,18,19)/t15-/m1/s1. The molecule has 4 nitrogen and oxygen atoms in total. The highest BCUT2D eigenvalue weighted by molar-refractivity contribution is 5.85. The zero-order chi connectivity index (χ0) is 15.9. The maximum absolute atomic E-state index is 12.3. The first-order valence-electron chi connectivity index (χ1n) is 7.01. The summed E-state index contributed by atoms with van der Waals surface area (Å²) < 4.78 is 5.39. The van der Waals surface area contributed by atoms with Gasteiger partial charge in [0.25, 0.3) is 0 Å². The highest BCUT2D eigenvalue weighted by Crippen LogP contribution is 2.18. The molecule has 0 saturated heterocycles. The number of carbonyl (C=O) groups is 2. The van der Waals surface area contributed by atoms with E-state index < -0.39 is 17.6 Å². The van der Waals surface area contributed by atoms with Crippen LogP contribution in [0.3, 0.4) is 0 Å². The van der Waals surface area contributed by atoms with Crippen molar-refractivity contribution in [3.8, 4) is 0 Å². The second-order valence-corrected chi connectivity index (χ2v) is 5.77. The first-order chi connectivity index (χ1) is 9.83. The van der Waals surface area contributed by atoms with Gasteiger partial charge in [-0.25, -0.2) is 4.79 Å². The lowest BCUT2D eigenvalue weighted by molar-refractivity contribution is -0.158. The van der Waals surface area contributed by atoms with Crippen LogP contribution in [0.5, 0.6) is 0 Å². The van der Waals surface area contributed by atoms with Crippen LogP contribution in [0.15, 0.2) is 43.0 Å². The number of esters is 1. The van der Waals surface area contributed by atoms with Gasteiger partial charge in [0.05, 0.1) is 0 Å². The molecule has 0 radical (unpaired) electrons. The van der Waals surface area contributed by atoms with Crippen molar-refractivity contribution in [1.82, 2.24) is 5.32 Å². The van der Waals surface area contributed by atoms with Crippen LogP contribution in [0.4, 0.5) is 0 Å². The fourth-order valence-electron chi connectivity index (χ4n) is 1.75. The van der Waals surface area contributed by atoms with Gasteiger partial charge in [-0.1, -0.05) is 36.4 Å². The van der Waals surface area contributed by atoms with Gasteiger partial charge in [0.2, 0.25) is 5.91 Å². The molecular weight excluding hydrogens is 266 g/mol. The van der Waals surface area contributed by atoms with E-state index in [9.17, 15) is 9.59 Å². The number of nitrogens with one attached hydrogen (secondary N) is 1. The maximum atomic E-state index is 12.3. The number of allylic oxidation sites excluding steroid dienone is 1. The molecule has 0 aliphatic carbocycles. The van der Waals surface area contributed by atoms with Gasteiger partial charge in [0.15, 0.2) is 6.04 Å². The lowest BCUT2D eigenvalue weighted by atomic mass is 10.1. The van der Waals surface area contributed by atoms with Gasteiger partial charge >= 0.3 is 5.97 Å². The van der Waals surface area contributed by atoms with E-state index in [0.717, 1.165) is 0 Å². The summed E-state index contributed by atoms with van der Waals surface area (Å²) in [7, 11) is 0. The molecule has 0 saturated carbocycles. The van der Waals surface area contributed by atoms with E-state index >= 15 is 0 Å². The van der Waals surface area contributed by atoms with Crippen LogP contribution in [0, 0.1) is 0 Å². The van der Waals surface area contributed by atoms with Crippen LogP contribution in [0.1, 0.15) is 45.2 Å². The van der Waals surface area contributed by atoms with Gasteiger partial charge in [0, 0.05) is 6.42 Å². The molecule has 1 N–H and O–H groups in total. The number of benzene rings is 1. The van der Waals surface area contributed by atoms with Gasteiger partial charge in [-0.2, -0.15) is 0 Å². The minimum atomic E-state index is -0.789. The van der Waals surface area contributed by atoms with Crippen LogP contribution in [-0.2, 0) is 14.3 Å². The molecule has 0 aliphatic rings. The second-order valence-electron chi connectivity index (χ2n) is 5.77. The number of hydrogen-bond acceptors (Lipinski definition) is 3. The third kappa shape index (κ3) is 6.25. The minimum absolute atomic E-state index is 0.199. The Morgan fingerprint density at radius 3 is 2.43 bits per heavy atom. The minimum Gasteiger partial charge on any atom is -0.458 e. The molecular formula is C17H23NO3. The second kappa shape index (κ2) is 7.62. The molecule has 0 heterocycles. The van der Waals surface area contributed by atoms with E-state index in [1.165, 1.54) is 0 Å². The topological polar surface area (TPSA) is 55.4 Å². The fraction of sp³-hybridized carbons (Fsp3) is 0.412. The quantitative estimate of drug-likeness (QED) is 0.646. The Bertz CT molecular complexity index is 489. The third-order valence-electron chi connectivity index (χ3n) is 2.66. The van der Waals surface area contributed by atoms with Crippen LogP contribution in [-0.4, -0.2) is 17.5 Å². The predicted octanol–water partition coefficient (Wildman–Crippen LogP) is 3.15. The highest BCUT2D eigenvalue weighted by Gasteiger charge is 2.27. The average molecular weight is 289 g/mol. The van der Waals surface area contributed by atoms with Gasteiger partial charge < -0.3 is 10.1 Å². The van der Waals surface area contributed by atoms with Crippen molar-refractivity contribution >= 4 is 11.9 Å². The molecule has 1 amide bonds. The summed E-state index contributed by atoms with van der Waals surface area (Å²) >= 11 is 0. The monoisotopic (exact) mass is 289 g/mol. The number of hydrogen-bond donors (Lipinski definition) is 1. The van der Waals surface area contributed by atoms with Crippen molar-refractivity contribution in [2.45, 2.75) is 45.3 Å². The van der Waals surface area contributed by atoms with Gasteiger partial charge in [-0.3, -0.25) is 4.79 Å². The first-order valence-corrected chi connectivity index (χ1v) is 7.01. The zero-order valence-corrected chi connectivity index (χ0v) is 12.9. The van der Waals surface area contributed by atoms with Crippen molar-refractivity contribution in [3.05, 3.63) is 48.6 Å². The van der Waals surface area contributed by atoms with Crippen molar-refractivity contribution in [1.29, 1.82) is 0 Å². The zero-order valence-electron chi connectivity index (χ0n) is 12.9. The van der Waals surface area contributed by atoms with Gasteiger partial charge in [-0.05, 0) is 32.8 Å². The van der Waals surface area contributed by atoms with Gasteiger partial charge in [-0.15, -0.1) is 6.58 Å². The number of ether oxygens (including phenoxy) is 1. The summed E-state index contributed by atoms with van der Waals surface area (Å²) in [5.74, 6) is -0.657. The smallest absolute Gasteiger partial charge is 0.333 e. The largest absolute Gasteiger partial charge is 0.458 e. The molecule has 0 bridgehead atoms. The van der Waals surface area contributed by atoms with Gasteiger partial charge in [0.1, 0.15) is 5.60 Å². The van der Waals surface area contributed by atoms with E-state index in [4.69, 9.17) is 4.74 Å². The lowest BCUT2D eigenvalue weighted by Gasteiger charge is -2.24. The Labute approximate surface area is 126 Å². The number of rotatable bonds is 6. The van der Waals surface area contributed by atoms with Crippen LogP contribution >= 0.6 is 0 Å². The molecule has 1 rings (SSSR count). The van der Waals surface area contributed by atoms with Crippen LogP contribution in [0.25, 0.3) is 0 Å². The molecule has 0 aliphatic heterocycles. The summed E-state index contributed by atoms with van der Waals surface area (Å²) in [5, 5.41) is 2.73. The SMILES string of the molecule is C=CCCC(=O)N[C@@H](C(=O)OC(C)(C)C)c1ccccc1. The fourth-order valence-corrected chi connectivity index (χ4v) is 1.75. The van der Waals surface area contributed by atoms with Crippen molar-refractivity contribution < 1.29 is 14.3 Å². The Hall–Kier alpha value is -2.10. The highest BCUT2D eigenvalue weighted by atomic mass is 16.6. The van der Waals surface area contributed by atoms with E-state index in [1.807, 2.05) is 18.2 Å². The van der Waals surface area contributed by atoms with Crippen molar-refractivity contribution in [2.24, 2.45) is 0 Å². The summed E-state index contributed by atoms with van der Waals surface area (Å²) in [6.45, 7) is 8.98. The molecule has 1 aromatic rings. The molecule has 21 heavy (non-hydrogen) atoms. The van der Waals surface area contributed by atoms with Crippen molar-refractivity contribution in [2.75, 3.05) is 0 Å². The van der Waals surface area contributed by atoms with E-state index in [2.05, 4.69) is 11.9 Å². The number of amides is 1. The number of carbonyl (C=O) groups excluding carboxylic acids is 2. The molecule has 1 aromatic carbocycles. The molecule has 0 fully saturated rings. The Kier molecular flexibility index (Phi) is 6.15. The summed E-state index contributed by atoms with van der Waals surface area (Å²) in [6.07, 6.45) is 2.54. The van der Waals surface area contributed by atoms with Crippen LogP contribution < -0.4 is 5.32 Å². The summed E-state index contributed by atoms with van der Waals surface area (Å²) in [4.78, 5) is 24.2. The Balaban J connectivity index is 2.87. The average Bonchev–Trinajstić information content (AvgIpc) is 2.41. The molecule has 1 atom stereocenters. The molecule has 0 spiro atoms. The Morgan fingerprint density at radius 1 is 1.29 bits per heavy atom. The molecule has 0 unspecified atom stereocenters. The third-order valence-corrected chi connectivity index (χ3v) is 2.66. The molecule has 4 heteroatoms. The normalized spacial score (nSPS) is 12.3. The first kappa shape index (κ1) is 17.0. The maximum Gasteiger partial charge on any atom is 0.333 e.